The third kappa shape index (κ3) is 6.34. The van der Waals surface area contributed by atoms with Gasteiger partial charge in [-0.2, -0.15) is 0 Å². The van der Waals surface area contributed by atoms with Crippen LogP contribution in [0.3, 0.4) is 0 Å². The summed E-state index contributed by atoms with van der Waals surface area (Å²) in [6.07, 6.45) is 0.991. The summed E-state index contributed by atoms with van der Waals surface area (Å²) in [5.41, 5.74) is 14.4. The van der Waals surface area contributed by atoms with Crippen LogP contribution in [0.15, 0.2) is 146 Å². The highest BCUT2D eigenvalue weighted by Gasteiger charge is 2.28. The van der Waals surface area contributed by atoms with Gasteiger partial charge >= 0.3 is 0 Å². The third-order valence-electron chi connectivity index (χ3n) is 9.40. The standard InChI is InChI=1S/C44H44N2/c1-7-44(6,36-16-28-42(29-17-36)45(38-20-8-32(2)9-21-38)39-22-10-33(3)11-23-39)37-18-30-43(31-19-37)46(40-24-12-34(4)13-25-40)41-26-14-35(5)15-27-41/h8-31H,7H2,1-6H3. The lowest BCUT2D eigenvalue weighted by atomic mass is 9.74. The van der Waals surface area contributed by atoms with E-state index in [1.807, 2.05) is 0 Å². The van der Waals surface area contributed by atoms with Gasteiger partial charge in [0.05, 0.1) is 0 Å². The molecule has 0 amide bonds. The minimum absolute atomic E-state index is 0.131. The normalized spacial score (nSPS) is 11.3. The third-order valence-corrected chi connectivity index (χ3v) is 9.40. The van der Waals surface area contributed by atoms with Crippen LogP contribution in [0.4, 0.5) is 34.1 Å². The maximum atomic E-state index is 2.37. The molecule has 0 aliphatic heterocycles. The Morgan fingerprint density at radius 2 is 0.543 bits per heavy atom. The summed E-state index contributed by atoms with van der Waals surface area (Å²) < 4.78 is 0. The molecule has 6 aromatic rings. The Bertz CT molecular complexity index is 1640. The molecule has 2 nitrogen and oxygen atoms in total. The molecule has 0 unspecified atom stereocenters. The lowest BCUT2D eigenvalue weighted by Gasteiger charge is -2.32. The number of hydrogen-bond acceptors (Lipinski definition) is 2. The van der Waals surface area contributed by atoms with Gasteiger partial charge in [-0.1, -0.05) is 109 Å². The summed E-state index contributed by atoms with van der Waals surface area (Å²) in [5.74, 6) is 0. The van der Waals surface area contributed by atoms with Gasteiger partial charge < -0.3 is 9.80 Å². The first kappa shape index (κ1) is 30.9. The van der Waals surface area contributed by atoms with E-state index in [1.165, 1.54) is 33.4 Å². The largest absolute Gasteiger partial charge is 0.311 e. The maximum absolute atomic E-state index is 2.37. The van der Waals surface area contributed by atoms with E-state index in [4.69, 9.17) is 0 Å². The van der Waals surface area contributed by atoms with Crippen molar-refractivity contribution in [1.29, 1.82) is 0 Å². The Morgan fingerprint density at radius 1 is 0.348 bits per heavy atom. The van der Waals surface area contributed by atoms with Crippen LogP contribution in [-0.4, -0.2) is 0 Å². The van der Waals surface area contributed by atoms with E-state index in [1.54, 1.807) is 0 Å². The predicted molar refractivity (Wildman–Crippen MR) is 198 cm³/mol. The molecule has 46 heavy (non-hydrogen) atoms. The molecule has 6 aromatic carbocycles. The molecule has 0 bridgehead atoms. The first-order chi connectivity index (χ1) is 22.2. The minimum Gasteiger partial charge on any atom is -0.311 e. The molecule has 0 aliphatic rings. The summed E-state index contributed by atoms with van der Waals surface area (Å²) >= 11 is 0. The Labute approximate surface area is 275 Å². The quantitative estimate of drug-likeness (QED) is 0.163. The first-order valence-electron chi connectivity index (χ1n) is 16.3. The van der Waals surface area contributed by atoms with E-state index in [0.29, 0.717) is 0 Å². The Morgan fingerprint density at radius 3 is 0.739 bits per heavy atom. The van der Waals surface area contributed by atoms with Crippen LogP contribution in [0, 0.1) is 27.7 Å². The molecule has 0 aliphatic carbocycles. The summed E-state index contributed by atoms with van der Waals surface area (Å²) in [6, 6.07) is 53.4. The lowest BCUT2D eigenvalue weighted by molar-refractivity contribution is 0.550. The average Bonchev–Trinajstić information content (AvgIpc) is 3.09. The van der Waals surface area contributed by atoms with Gasteiger partial charge in [0.1, 0.15) is 0 Å². The van der Waals surface area contributed by atoms with Gasteiger partial charge in [0.25, 0.3) is 0 Å². The number of aryl methyl sites for hydroxylation is 4. The van der Waals surface area contributed by atoms with Crippen molar-refractivity contribution in [2.45, 2.75) is 53.4 Å². The zero-order valence-electron chi connectivity index (χ0n) is 28.0. The van der Waals surface area contributed by atoms with Gasteiger partial charge in [-0.25, -0.2) is 0 Å². The first-order valence-corrected chi connectivity index (χ1v) is 16.3. The molecule has 0 saturated carbocycles. The Kier molecular flexibility index (Phi) is 8.81. The van der Waals surface area contributed by atoms with Crippen LogP contribution >= 0.6 is 0 Å². The van der Waals surface area contributed by atoms with Crippen LogP contribution in [0.1, 0.15) is 53.6 Å². The fourth-order valence-corrected chi connectivity index (χ4v) is 6.20. The molecule has 0 spiro atoms. The van der Waals surface area contributed by atoms with Crippen LogP contribution in [0.25, 0.3) is 0 Å². The molecule has 0 fully saturated rings. The van der Waals surface area contributed by atoms with Crippen LogP contribution in [0.2, 0.25) is 0 Å². The SMILES string of the molecule is CCC(C)(c1ccc(N(c2ccc(C)cc2)c2ccc(C)cc2)cc1)c1ccc(N(c2ccc(C)cc2)c2ccc(C)cc2)cc1. The van der Waals surface area contributed by atoms with Gasteiger partial charge in [-0.15, -0.1) is 0 Å². The van der Waals surface area contributed by atoms with E-state index in [9.17, 15) is 0 Å². The molecule has 0 N–H and O–H groups in total. The molecular formula is C44H44N2. The monoisotopic (exact) mass is 600 g/mol. The van der Waals surface area contributed by atoms with E-state index >= 15 is 0 Å². The molecule has 0 heterocycles. The average molecular weight is 601 g/mol. The van der Waals surface area contributed by atoms with Crippen molar-refractivity contribution in [2.24, 2.45) is 0 Å². The van der Waals surface area contributed by atoms with Crippen molar-refractivity contribution < 1.29 is 0 Å². The fraction of sp³-hybridized carbons (Fsp3) is 0.182. The number of benzene rings is 6. The molecular weight excluding hydrogens is 556 g/mol. The summed E-state index contributed by atoms with van der Waals surface area (Å²) in [7, 11) is 0. The van der Waals surface area contributed by atoms with Crippen molar-refractivity contribution in [3.8, 4) is 0 Å². The zero-order chi connectivity index (χ0) is 32.3. The molecule has 0 atom stereocenters. The van der Waals surface area contributed by atoms with Gasteiger partial charge in [0, 0.05) is 39.5 Å². The summed E-state index contributed by atoms with van der Waals surface area (Å²) in [5, 5.41) is 0. The van der Waals surface area contributed by atoms with E-state index in [0.717, 1.165) is 40.5 Å². The molecule has 0 radical (unpaired) electrons. The van der Waals surface area contributed by atoms with Crippen LogP contribution in [0.5, 0.6) is 0 Å². The zero-order valence-corrected chi connectivity index (χ0v) is 28.0. The number of nitrogens with zero attached hydrogens (tertiary/aromatic N) is 2. The molecule has 0 saturated heterocycles. The van der Waals surface area contributed by atoms with Crippen molar-refractivity contribution in [2.75, 3.05) is 9.80 Å². The molecule has 6 rings (SSSR count). The number of anilines is 6. The Hall–Kier alpha value is -5.08. The topological polar surface area (TPSA) is 6.48 Å². The van der Waals surface area contributed by atoms with Crippen LogP contribution < -0.4 is 9.80 Å². The van der Waals surface area contributed by atoms with Crippen molar-refractivity contribution in [1.82, 2.24) is 0 Å². The smallest absolute Gasteiger partial charge is 0.0461 e. The van der Waals surface area contributed by atoms with Crippen LogP contribution in [-0.2, 0) is 5.41 Å². The second kappa shape index (κ2) is 13.1. The number of hydrogen-bond donors (Lipinski definition) is 0. The van der Waals surface area contributed by atoms with Gasteiger partial charge in [-0.05, 0) is 118 Å². The second-order valence-corrected chi connectivity index (χ2v) is 12.8. The second-order valence-electron chi connectivity index (χ2n) is 12.8. The molecule has 2 heteroatoms. The van der Waals surface area contributed by atoms with Crippen molar-refractivity contribution >= 4 is 34.1 Å². The summed E-state index contributed by atoms with van der Waals surface area (Å²) in [6.45, 7) is 13.2. The van der Waals surface area contributed by atoms with E-state index in [-0.39, 0.29) is 5.41 Å². The predicted octanol–water partition coefficient (Wildman–Crippen LogP) is 12.6. The van der Waals surface area contributed by atoms with Gasteiger partial charge in [0.15, 0.2) is 0 Å². The highest BCUT2D eigenvalue weighted by molar-refractivity contribution is 5.78. The maximum Gasteiger partial charge on any atom is 0.0461 e. The van der Waals surface area contributed by atoms with E-state index in [2.05, 4.69) is 197 Å². The lowest BCUT2D eigenvalue weighted by Crippen LogP contribution is -2.23. The summed E-state index contributed by atoms with van der Waals surface area (Å²) in [4.78, 5) is 4.68. The highest BCUT2D eigenvalue weighted by atomic mass is 15.1. The molecule has 0 aromatic heterocycles. The fourth-order valence-electron chi connectivity index (χ4n) is 6.20. The highest BCUT2D eigenvalue weighted by Crippen LogP contribution is 2.41. The van der Waals surface area contributed by atoms with Gasteiger partial charge in [0.2, 0.25) is 0 Å². The minimum atomic E-state index is -0.131. The van der Waals surface area contributed by atoms with E-state index < -0.39 is 0 Å². The number of rotatable bonds is 9. The molecule has 230 valence electrons. The van der Waals surface area contributed by atoms with Crippen molar-refractivity contribution in [3.63, 3.8) is 0 Å². The van der Waals surface area contributed by atoms with Crippen molar-refractivity contribution in [3.05, 3.63) is 179 Å². The van der Waals surface area contributed by atoms with Gasteiger partial charge in [-0.3, -0.25) is 0 Å². The Balaban J connectivity index is 1.34.